The van der Waals surface area contributed by atoms with Gasteiger partial charge >= 0.3 is 5.97 Å². The van der Waals surface area contributed by atoms with Gasteiger partial charge in [0.05, 0.1) is 6.61 Å². The predicted molar refractivity (Wildman–Crippen MR) is 106 cm³/mol. The number of ketones is 1. The molecule has 0 fully saturated rings. The average molecular weight is 391 g/mol. The maximum atomic E-state index is 12.1. The molecule has 0 spiro atoms. The van der Waals surface area contributed by atoms with Crippen molar-refractivity contribution < 1.29 is 24.2 Å². The molecule has 0 unspecified atom stereocenters. The third-order valence-electron chi connectivity index (χ3n) is 4.33. The molecule has 0 aliphatic carbocycles. The molecule has 0 aromatic carbocycles. The van der Waals surface area contributed by atoms with Crippen molar-refractivity contribution >= 4 is 34.6 Å². The number of aliphatic imine (C=N–C) groups is 1. The van der Waals surface area contributed by atoms with Gasteiger partial charge in [-0.3, -0.25) is 9.79 Å². The van der Waals surface area contributed by atoms with E-state index in [4.69, 9.17) is 14.6 Å². The number of H-pyrrole nitrogens is 1. The number of hydrogen-bond acceptors (Lipinski definition) is 7. The monoisotopic (exact) mass is 391 g/mol. The first kappa shape index (κ1) is 18.6. The van der Waals surface area contributed by atoms with Crippen LogP contribution in [0.5, 0.6) is 0 Å². The topological polar surface area (TPSA) is 114 Å². The second-order valence-corrected chi connectivity index (χ2v) is 6.23. The molecule has 0 saturated heterocycles. The summed E-state index contributed by atoms with van der Waals surface area (Å²) in [7, 11) is 0. The van der Waals surface area contributed by atoms with Crippen molar-refractivity contribution in [3.63, 3.8) is 0 Å². The standard InChI is InChI=1S/C21H17N3O5/c25-8-9-28-21(27)18-17(26)12-29-19(18)16-4-3-13(5-7-22-16)10-14-11-24-20-15(14)2-1-6-23-20/h1-7,10-11,25H,8-9,12H2,(H,23,24). The van der Waals surface area contributed by atoms with Gasteiger partial charge in [-0.25, -0.2) is 9.78 Å². The Hall–Kier alpha value is -3.78. The Morgan fingerprint density at radius 1 is 1.34 bits per heavy atom. The van der Waals surface area contributed by atoms with Gasteiger partial charge in [0.2, 0.25) is 5.78 Å². The lowest BCUT2D eigenvalue weighted by molar-refractivity contribution is -0.141. The zero-order chi connectivity index (χ0) is 20.2. The molecule has 2 aliphatic rings. The molecular weight excluding hydrogens is 374 g/mol. The Balaban J connectivity index is 1.62. The molecule has 146 valence electrons. The zero-order valence-electron chi connectivity index (χ0n) is 15.3. The first-order valence-electron chi connectivity index (χ1n) is 8.92. The van der Waals surface area contributed by atoms with Gasteiger partial charge in [-0.05, 0) is 35.9 Å². The molecule has 2 aliphatic heterocycles. The number of rotatable bonds is 5. The number of ether oxygens (including phenoxy) is 2. The summed E-state index contributed by atoms with van der Waals surface area (Å²) in [6, 6.07) is 3.85. The van der Waals surface area contributed by atoms with Gasteiger partial charge in [0.25, 0.3) is 0 Å². The fourth-order valence-corrected chi connectivity index (χ4v) is 3.01. The highest BCUT2D eigenvalue weighted by molar-refractivity contribution is 6.26. The first-order chi connectivity index (χ1) is 14.2. The molecule has 2 aromatic rings. The molecule has 0 amide bonds. The van der Waals surface area contributed by atoms with Crippen LogP contribution >= 0.6 is 0 Å². The van der Waals surface area contributed by atoms with Gasteiger partial charge in [-0.2, -0.15) is 0 Å². The Morgan fingerprint density at radius 2 is 2.24 bits per heavy atom. The van der Waals surface area contributed by atoms with Crippen LogP contribution in [0.15, 0.2) is 70.9 Å². The van der Waals surface area contributed by atoms with Crippen molar-refractivity contribution in [1.29, 1.82) is 0 Å². The number of nitrogens with zero attached hydrogens (tertiary/aromatic N) is 2. The van der Waals surface area contributed by atoms with E-state index in [1.807, 2.05) is 30.5 Å². The molecule has 2 N–H and O–H groups in total. The maximum absolute atomic E-state index is 12.1. The van der Waals surface area contributed by atoms with E-state index in [9.17, 15) is 9.59 Å². The molecule has 2 aromatic heterocycles. The van der Waals surface area contributed by atoms with Gasteiger partial charge in [0, 0.05) is 29.5 Å². The summed E-state index contributed by atoms with van der Waals surface area (Å²) in [5, 5.41) is 9.80. The number of aromatic amines is 1. The summed E-state index contributed by atoms with van der Waals surface area (Å²) in [6.45, 7) is -0.775. The van der Waals surface area contributed by atoms with Crippen LogP contribution < -0.4 is 0 Å². The molecule has 4 rings (SSSR count). The summed E-state index contributed by atoms with van der Waals surface area (Å²) in [5.41, 5.74) is 2.79. The van der Waals surface area contributed by atoms with E-state index in [-0.39, 0.29) is 31.2 Å². The lowest BCUT2D eigenvalue weighted by atomic mass is 10.1. The number of carbonyl (C=O) groups is 2. The molecule has 29 heavy (non-hydrogen) atoms. The van der Waals surface area contributed by atoms with Gasteiger partial charge in [0.15, 0.2) is 17.9 Å². The highest BCUT2D eigenvalue weighted by Crippen LogP contribution is 2.23. The zero-order valence-corrected chi connectivity index (χ0v) is 15.3. The second-order valence-electron chi connectivity index (χ2n) is 6.23. The Kier molecular flexibility index (Phi) is 5.17. The molecule has 8 heteroatoms. The van der Waals surface area contributed by atoms with Gasteiger partial charge in [0.1, 0.15) is 18.0 Å². The second kappa shape index (κ2) is 8.07. The van der Waals surface area contributed by atoms with E-state index in [0.717, 1.165) is 22.2 Å². The molecule has 4 heterocycles. The number of aliphatic hydroxyl groups excluding tert-OH is 1. The van der Waals surface area contributed by atoms with Crippen LogP contribution in [0.1, 0.15) is 5.56 Å². The molecular formula is C21H17N3O5. The molecule has 8 nitrogen and oxygen atoms in total. The van der Waals surface area contributed by atoms with Crippen LogP contribution in [0, 0.1) is 0 Å². The van der Waals surface area contributed by atoms with E-state index < -0.39 is 11.8 Å². The molecule has 0 saturated carbocycles. The van der Waals surface area contributed by atoms with Crippen LogP contribution in [0.2, 0.25) is 0 Å². The normalized spacial score (nSPS) is 17.6. The van der Waals surface area contributed by atoms with E-state index in [0.29, 0.717) is 5.71 Å². The lowest BCUT2D eigenvalue weighted by Crippen LogP contribution is -2.18. The maximum Gasteiger partial charge on any atom is 0.345 e. The number of hydrogen-bond donors (Lipinski definition) is 2. The van der Waals surface area contributed by atoms with E-state index in [1.165, 1.54) is 0 Å². The van der Waals surface area contributed by atoms with E-state index >= 15 is 0 Å². The number of nitrogens with one attached hydrogen (secondary N) is 1. The smallest absolute Gasteiger partial charge is 0.345 e. The van der Waals surface area contributed by atoms with Crippen molar-refractivity contribution in [3.8, 4) is 0 Å². The predicted octanol–water partition coefficient (Wildman–Crippen LogP) is 1.86. The quantitative estimate of drug-likeness (QED) is 0.594. The molecule has 0 bridgehead atoms. The van der Waals surface area contributed by atoms with Crippen molar-refractivity contribution in [2.24, 2.45) is 4.99 Å². The molecule has 0 radical (unpaired) electrons. The minimum absolute atomic E-state index is 0.0800. The number of fused-ring (bicyclic) bond motifs is 1. The van der Waals surface area contributed by atoms with Crippen molar-refractivity contribution in [3.05, 3.63) is 71.4 Å². The van der Waals surface area contributed by atoms with E-state index in [2.05, 4.69) is 15.0 Å². The third-order valence-corrected chi connectivity index (χ3v) is 4.33. The fourth-order valence-electron chi connectivity index (χ4n) is 3.01. The van der Waals surface area contributed by atoms with E-state index in [1.54, 1.807) is 24.5 Å². The van der Waals surface area contributed by atoms with Crippen LogP contribution in [0.3, 0.4) is 0 Å². The third kappa shape index (κ3) is 3.78. The largest absolute Gasteiger partial charge is 0.482 e. The summed E-state index contributed by atoms with van der Waals surface area (Å²) in [4.78, 5) is 35.9. The van der Waals surface area contributed by atoms with Gasteiger partial charge in [-0.15, -0.1) is 0 Å². The van der Waals surface area contributed by atoms with Crippen LogP contribution in [-0.4, -0.2) is 52.4 Å². The highest BCUT2D eigenvalue weighted by atomic mass is 16.5. The minimum Gasteiger partial charge on any atom is -0.482 e. The van der Waals surface area contributed by atoms with Crippen molar-refractivity contribution in [1.82, 2.24) is 9.97 Å². The number of allylic oxidation sites excluding steroid dienone is 4. The number of Topliss-reactive ketones (excluding diaryl/α,β-unsaturated/α-hetero) is 1. The lowest BCUT2D eigenvalue weighted by Gasteiger charge is -2.05. The van der Waals surface area contributed by atoms with Crippen LogP contribution in [-0.2, 0) is 19.1 Å². The number of aliphatic hydroxyl groups is 1. The van der Waals surface area contributed by atoms with Crippen molar-refractivity contribution in [2.45, 2.75) is 0 Å². The van der Waals surface area contributed by atoms with Crippen LogP contribution in [0.25, 0.3) is 17.1 Å². The number of carbonyl (C=O) groups excluding carboxylic acids is 2. The minimum atomic E-state index is -0.831. The van der Waals surface area contributed by atoms with Gasteiger partial charge < -0.3 is 19.6 Å². The number of aromatic nitrogens is 2. The number of esters is 1. The van der Waals surface area contributed by atoms with Gasteiger partial charge in [-0.1, -0.05) is 6.08 Å². The summed E-state index contributed by atoms with van der Waals surface area (Å²) < 4.78 is 10.3. The average Bonchev–Trinajstić information content (AvgIpc) is 3.23. The summed E-state index contributed by atoms with van der Waals surface area (Å²) in [5.74, 6) is -1.23. The Morgan fingerprint density at radius 3 is 3.10 bits per heavy atom. The SMILES string of the molecule is O=C1COC(C2=NC=CC(=Cc3c[nH]c4ncccc34)C=C2)=C1C(=O)OCCO. The summed E-state index contributed by atoms with van der Waals surface area (Å²) in [6.07, 6.45) is 12.4. The highest BCUT2D eigenvalue weighted by Gasteiger charge is 2.34. The fraction of sp³-hybridized carbons (Fsp3) is 0.143. The number of pyridine rings is 1. The van der Waals surface area contributed by atoms with Crippen molar-refractivity contribution in [2.75, 3.05) is 19.8 Å². The Labute approximate surface area is 165 Å². The Bertz CT molecular complexity index is 1130. The van der Waals surface area contributed by atoms with Crippen LogP contribution in [0.4, 0.5) is 0 Å². The first-order valence-corrected chi connectivity index (χ1v) is 8.92. The summed E-state index contributed by atoms with van der Waals surface area (Å²) >= 11 is 0. The molecule has 0 atom stereocenters.